The molecule has 3 heterocycles. The van der Waals surface area contributed by atoms with Gasteiger partial charge < -0.3 is 14.6 Å². The Morgan fingerprint density at radius 2 is 2.00 bits per heavy atom. The fourth-order valence-electron chi connectivity index (χ4n) is 3.22. The monoisotopic (exact) mass is 342 g/mol. The summed E-state index contributed by atoms with van der Waals surface area (Å²) in [5.41, 5.74) is 2.41. The molecule has 7 nitrogen and oxygen atoms in total. The second kappa shape index (κ2) is 6.64. The highest BCUT2D eigenvalue weighted by Crippen LogP contribution is 2.24. The molecule has 3 aromatic rings. The van der Waals surface area contributed by atoms with Crippen LogP contribution in [0.2, 0.25) is 0 Å². The van der Waals surface area contributed by atoms with E-state index >= 15 is 0 Å². The van der Waals surface area contributed by atoms with E-state index in [-0.39, 0.29) is 5.82 Å². The number of aromatic nitrogens is 4. The van der Waals surface area contributed by atoms with E-state index < -0.39 is 0 Å². The second-order valence-corrected chi connectivity index (χ2v) is 6.02. The second-order valence-electron chi connectivity index (χ2n) is 6.02. The Morgan fingerprint density at radius 1 is 1.16 bits per heavy atom. The number of piperazine rings is 1. The van der Waals surface area contributed by atoms with Crippen LogP contribution in [0.1, 0.15) is 5.56 Å². The van der Waals surface area contributed by atoms with Gasteiger partial charge in [-0.3, -0.25) is 4.90 Å². The SMILES string of the molecule is COc1ccc(F)cc1CN1CCN(c2ncnc3nc[nH]c23)CC1. The van der Waals surface area contributed by atoms with Crippen molar-refractivity contribution in [2.45, 2.75) is 6.54 Å². The molecule has 25 heavy (non-hydrogen) atoms. The number of rotatable bonds is 4. The molecule has 1 fully saturated rings. The van der Waals surface area contributed by atoms with Crippen LogP contribution in [0.3, 0.4) is 0 Å². The van der Waals surface area contributed by atoms with Crippen molar-refractivity contribution in [2.24, 2.45) is 0 Å². The van der Waals surface area contributed by atoms with Crippen LogP contribution in [0.25, 0.3) is 11.2 Å². The number of hydrogen-bond acceptors (Lipinski definition) is 6. The zero-order chi connectivity index (χ0) is 17.2. The van der Waals surface area contributed by atoms with E-state index in [4.69, 9.17) is 4.74 Å². The Labute approximate surface area is 144 Å². The highest BCUT2D eigenvalue weighted by molar-refractivity contribution is 5.82. The lowest BCUT2D eigenvalue weighted by Crippen LogP contribution is -2.46. The van der Waals surface area contributed by atoms with E-state index in [1.165, 1.54) is 6.07 Å². The summed E-state index contributed by atoms with van der Waals surface area (Å²) in [7, 11) is 1.61. The van der Waals surface area contributed by atoms with E-state index in [2.05, 4.69) is 29.7 Å². The number of hydrogen-bond donors (Lipinski definition) is 1. The molecular formula is C17H19FN6O. The number of halogens is 1. The summed E-state index contributed by atoms with van der Waals surface area (Å²) in [6, 6.07) is 4.64. The number of methoxy groups -OCH3 is 1. The molecule has 1 aliphatic rings. The molecule has 4 rings (SSSR count). The lowest BCUT2D eigenvalue weighted by molar-refractivity contribution is 0.245. The summed E-state index contributed by atoms with van der Waals surface area (Å²) in [6.07, 6.45) is 3.18. The number of fused-ring (bicyclic) bond motifs is 1. The van der Waals surface area contributed by atoms with Gasteiger partial charge in [-0.25, -0.2) is 19.3 Å². The van der Waals surface area contributed by atoms with Gasteiger partial charge in [0.25, 0.3) is 0 Å². The molecule has 130 valence electrons. The van der Waals surface area contributed by atoms with Gasteiger partial charge in [-0.1, -0.05) is 0 Å². The van der Waals surface area contributed by atoms with Crippen molar-refractivity contribution >= 4 is 17.0 Å². The van der Waals surface area contributed by atoms with E-state index in [1.807, 2.05) is 0 Å². The summed E-state index contributed by atoms with van der Waals surface area (Å²) in [5.74, 6) is 1.36. The first kappa shape index (κ1) is 15.8. The highest BCUT2D eigenvalue weighted by atomic mass is 19.1. The topological polar surface area (TPSA) is 70.2 Å². The highest BCUT2D eigenvalue weighted by Gasteiger charge is 2.21. The fraction of sp³-hybridized carbons (Fsp3) is 0.353. The van der Waals surface area contributed by atoms with Gasteiger partial charge in [0.05, 0.1) is 13.4 Å². The summed E-state index contributed by atoms with van der Waals surface area (Å²) in [4.78, 5) is 20.4. The molecule has 0 amide bonds. The van der Waals surface area contributed by atoms with Crippen LogP contribution in [0.5, 0.6) is 5.75 Å². The maximum atomic E-state index is 13.5. The van der Waals surface area contributed by atoms with Gasteiger partial charge in [-0.2, -0.15) is 0 Å². The lowest BCUT2D eigenvalue weighted by atomic mass is 10.1. The van der Waals surface area contributed by atoms with Crippen LogP contribution in [0.15, 0.2) is 30.9 Å². The zero-order valence-corrected chi connectivity index (χ0v) is 13.9. The van der Waals surface area contributed by atoms with Crippen LogP contribution in [0.4, 0.5) is 10.2 Å². The first-order valence-corrected chi connectivity index (χ1v) is 8.18. The van der Waals surface area contributed by atoms with Gasteiger partial charge >= 0.3 is 0 Å². The normalized spacial score (nSPS) is 15.7. The van der Waals surface area contributed by atoms with Crippen molar-refractivity contribution in [1.29, 1.82) is 0 Å². The van der Waals surface area contributed by atoms with Gasteiger partial charge in [0.1, 0.15) is 23.4 Å². The van der Waals surface area contributed by atoms with Crippen molar-refractivity contribution in [3.05, 3.63) is 42.2 Å². The van der Waals surface area contributed by atoms with Crippen LogP contribution >= 0.6 is 0 Å². The molecule has 0 radical (unpaired) electrons. The minimum absolute atomic E-state index is 0.239. The predicted molar refractivity (Wildman–Crippen MR) is 92.1 cm³/mol. The molecule has 0 unspecified atom stereocenters. The number of anilines is 1. The molecule has 1 saturated heterocycles. The number of imidazole rings is 1. The standard InChI is InChI=1S/C17H19FN6O/c1-25-14-3-2-13(18)8-12(14)9-23-4-6-24(7-5-23)17-15-16(20-10-19-15)21-11-22-17/h2-3,8,10-11H,4-7,9H2,1H3,(H,19,20,21,22). The molecule has 1 aliphatic heterocycles. The Hall–Kier alpha value is -2.74. The largest absolute Gasteiger partial charge is 0.496 e. The molecular weight excluding hydrogens is 323 g/mol. The summed E-state index contributed by atoms with van der Waals surface area (Å²) in [6.45, 7) is 4.06. The Bertz CT molecular complexity index is 874. The molecule has 1 N–H and O–H groups in total. The Balaban J connectivity index is 1.45. The Kier molecular flexibility index (Phi) is 4.19. The quantitative estimate of drug-likeness (QED) is 0.780. The molecule has 0 bridgehead atoms. The average molecular weight is 342 g/mol. The van der Waals surface area contributed by atoms with E-state index in [1.54, 1.807) is 31.9 Å². The van der Waals surface area contributed by atoms with Crippen LogP contribution in [-0.2, 0) is 6.54 Å². The minimum Gasteiger partial charge on any atom is -0.496 e. The smallest absolute Gasteiger partial charge is 0.182 e. The minimum atomic E-state index is -0.239. The third kappa shape index (κ3) is 3.12. The maximum Gasteiger partial charge on any atom is 0.182 e. The lowest BCUT2D eigenvalue weighted by Gasteiger charge is -2.35. The summed E-state index contributed by atoms with van der Waals surface area (Å²) in [5, 5.41) is 0. The first-order valence-electron chi connectivity index (χ1n) is 8.18. The van der Waals surface area contributed by atoms with Crippen LogP contribution in [0, 0.1) is 5.82 Å². The Morgan fingerprint density at radius 3 is 2.80 bits per heavy atom. The molecule has 0 saturated carbocycles. The molecule has 0 aliphatic carbocycles. The zero-order valence-electron chi connectivity index (χ0n) is 13.9. The van der Waals surface area contributed by atoms with E-state index in [0.29, 0.717) is 12.2 Å². The maximum absolute atomic E-state index is 13.5. The molecule has 0 spiro atoms. The van der Waals surface area contributed by atoms with Gasteiger partial charge in [0, 0.05) is 38.3 Å². The van der Waals surface area contributed by atoms with E-state index in [9.17, 15) is 4.39 Å². The number of ether oxygens (including phenoxy) is 1. The fourth-order valence-corrected chi connectivity index (χ4v) is 3.22. The van der Waals surface area contributed by atoms with Crippen molar-refractivity contribution in [2.75, 3.05) is 38.2 Å². The van der Waals surface area contributed by atoms with Gasteiger partial charge in [0.2, 0.25) is 0 Å². The number of benzene rings is 1. The van der Waals surface area contributed by atoms with Crippen LogP contribution in [-0.4, -0.2) is 58.1 Å². The third-order valence-corrected chi connectivity index (χ3v) is 4.51. The van der Waals surface area contributed by atoms with Crippen molar-refractivity contribution < 1.29 is 9.13 Å². The first-order chi connectivity index (χ1) is 12.2. The summed E-state index contributed by atoms with van der Waals surface area (Å²) < 4.78 is 18.9. The van der Waals surface area contributed by atoms with Crippen molar-refractivity contribution in [1.82, 2.24) is 24.8 Å². The van der Waals surface area contributed by atoms with Crippen molar-refractivity contribution in [3.63, 3.8) is 0 Å². The average Bonchev–Trinajstić information content (AvgIpc) is 3.11. The molecule has 0 atom stereocenters. The van der Waals surface area contributed by atoms with Crippen molar-refractivity contribution in [3.8, 4) is 5.75 Å². The number of H-pyrrole nitrogens is 1. The number of nitrogens with zero attached hydrogens (tertiary/aromatic N) is 5. The van der Waals surface area contributed by atoms with Gasteiger partial charge in [-0.05, 0) is 18.2 Å². The third-order valence-electron chi connectivity index (χ3n) is 4.51. The van der Waals surface area contributed by atoms with E-state index in [0.717, 1.165) is 48.8 Å². The number of aromatic amines is 1. The summed E-state index contributed by atoms with van der Waals surface area (Å²) >= 11 is 0. The van der Waals surface area contributed by atoms with Gasteiger partial charge in [-0.15, -0.1) is 0 Å². The number of nitrogens with one attached hydrogen (secondary N) is 1. The molecule has 8 heteroatoms. The van der Waals surface area contributed by atoms with Gasteiger partial charge in [0.15, 0.2) is 11.5 Å². The van der Waals surface area contributed by atoms with Crippen LogP contribution < -0.4 is 9.64 Å². The molecule has 2 aromatic heterocycles. The molecule has 1 aromatic carbocycles. The predicted octanol–water partition coefficient (Wildman–Crippen LogP) is 1.82.